The van der Waals surface area contributed by atoms with Crippen LogP contribution < -0.4 is 5.19 Å². The zero-order valence-electron chi connectivity index (χ0n) is 9.27. The highest BCUT2D eigenvalue weighted by Gasteiger charge is 2.12. The average molecular weight is 221 g/mol. The highest BCUT2D eigenvalue weighted by molar-refractivity contribution is 6.67. The van der Waals surface area contributed by atoms with Crippen LogP contribution in [0.1, 0.15) is 19.8 Å². The van der Waals surface area contributed by atoms with Crippen LogP contribution in [0.4, 0.5) is 0 Å². The van der Waals surface area contributed by atoms with Crippen molar-refractivity contribution in [2.75, 3.05) is 0 Å². The number of benzene rings is 1. The summed E-state index contributed by atoms with van der Waals surface area (Å²) in [6.45, 7) is 4.06. The van der Waals surface area contributed by atoms with E-state index in [0.29, 0.717) is 0 Å². The summed E-state index contributed by atoms with van der Waals surface area (Å²) in [5, 5.41) is 1.16. The van der Waals surface area contributed by atoms with E-state index in [0.717, 1.165) is 18.0 Å². The molecule has 0 aliphatic heterocycles. The lowest BCUT2D eigenvalue weighted by Crippen LogP contribution is -2.32. The standard InChI is InChI=1S/C12H17O2Si/c1-3-4-10-12(13)14-15(2)11-8-6-5-7-9-11/h5-10,15H,3-4H2,1-2H3. The molecule has 1 unspecified atom stereocenters. The predicted molar refractivity (Wildman–Crippen MR) is 64.4 cm³/mol. The topological polar surface area (TPSA) is 26.3 Å². The molecule has 1 rings (SSSR count). The summed E-state index contributed by atoms with van der Waals surface area (Å²) < 4.78 is 5.38. The molecule has 0 saturated heterocycles. The number of unbranched alkanes of at least 4 members (excludes halogenated alkanes) is 1. The van der Waals surface area contributed by atoms with Crippen molar-refractivity contribution in [3.05, 3.63) is 36.8 Å². The Morgan fingerprint density at radius 3 is 2.67 bits per heavy atom. The average Bonchev–Trinajstić information content (AvgIpc) is 2.27. The van der Waals surface area contributed by atoms with E-state index < -0.39 is 9.04 Å². The van der Waals surface area contributed by atoms with Gasteiger partial charge in [-0.25, -0.2) is 0 Å². The molecule has 81 valence electrons. The summed E-state index contributed by atoms with van der Waals surface area (Å²) in [7, 11) is -1.54. The fraction of sp³-hybridized carbons (Fsp3) is 0.333. The smallest absolute Gasteiger partial charge is 0.296 e. The normalized spacial score (nSPS) is 12.1. The molecule has 0 bridgehead atoms. The Labute approximate surface area is 93.0 Å². The zero-order valence-corrected chi connectivity index (χ0v) is 10.4. The second-order valence-electron chi connectivity index (χ2n) is 3.48. The fourth-order valence-corrected chi connectivity index (χ4v) is 2.62. The van der Waals surface area contributed by atoms with Crippen molar-refractivity contribution in [1.29, 1.82) is 0 Å². The van der Waals surface area contributed by atoms with Gasteiger partial charge in [0.15, 0.2) is 0 Å². The van der Waals surface area contributed by atoms with Gasteiger partial charge in [-0.15, -0.1) is 0 Å². The van der Waals surface area contributed by atoms with Crippen molar-refractivity contribution >= 4 is 20.2 Å². The first-order valence-corrected chi connectivity index (χ1v) is 7.53. The van der Waals surface area contributed by atoms with Crippen LogP contribution in [0.15, 0.2) is 30.3 Å². The van der Waals surface area contributed by atoms with Crippen LogP contribution in [0.2, 0.25) is 6.55 Å². The molecule has 1 radical (unpaired) electrons. The number of hydrogen-bond acceptors (Lipinski definition) is 2. The maximum Gasteiger partial charge on any atom is 0.296 e. The molecule has 0 saturated carbocycles. The van der Waals surface area contributed by atoms with E-state index in [1.54, 1.807) is 6.42 Å². The lowest BCUT2D eigenvalue weighted by atomic mass is 10.3. The van der Waals surface area contributed by atoms with Crippen molar-refractivity contribution < 1.29 is 9.22 Å². The van der Waals surface area contributed by atoms with Crippen LogP contribution in [0.5, 0.6) is 0 Å². The molecule has 1 atom stereocenters. The van der Waals surface area contributed by atoms with Gasteiger partial charge in [-0.05, 0) is 18.2 Å². The minimum absolute atomic E-state index is 0.167. The first-order chi connectivity index (χ1) is 7.24. The van der Waals surface area contributed by atoms with Gasteiger partial charge in [-0.2, -0.15) is 0 Å². The Hall–Kier alpha value is -1.09. The van der Waals surface area contributed by atoms with E-state index in [1.165, 1.54) is 0 Å². The van der Waals surface area contributed by atoms with Crippen LogP contribution in [-0.2, 0) is 9.22 Å². The van der Waals surface area contributed by atoms with Gasteiger partial charge in [-0.3, -0.25) is 4.79 Å². The van der Waals surface area contributed by atoms with Gasteiger partial charge in [0.05, 0.1) is 6.42 Å². The summed E-state index contributed by atoms with van der Waals surface area (Å²) in [4.78, 5) is 11.3. The van der Waals surface area contributed by atoms with Gasteiger partial charge >= 0.3 is 0 Å². The van der Waals surface area contributed by atoms with Crippen molar-refractivity contribution in [3.8, 4) is 0 Å². The highest BCUT2D eigenvalue weighted by Crippen LogP contribution is 1.98. The highest BCUT2D eigenvalue weighted by atomic mass is 28.3. The van der Waals surface area contributed by atoms with E-state index in [1.807, 2.05) is 43.8 Å². The van der Waals surface area contributed by atoms with E-state index >= 15 is 0 Å². The summed E-state index contributed by atoms with van der Waals surface area (Å²) in [5.41, 5.74) is 0. The van der Waals surface area contributed by atoms with Crippen LogP contribution >= 0.6 is 0 Å². The number of rotatable bonds is 5. The Morgan fingerprint density at radius 1 is 1.40 bits per heavy atom. The molecule has 1 aromatic carbocycles. The molecular weight excluding hydrogens is 204 g/mol. The van der Waals surface area contributed by atoms with Crippen LogP contribution in [0.3, 0.4) is 0 Å². The van der Waals surface area contributed by atoms with E-state index in [-0.39, 0.29) is 5.97 Å². The fourth-order valence-electron chi connectivity index (χ4n) is 1.28. The van der Waals surface area contributed by atoms with E-state index in [9.17, 15) is 4.79 Å². The van der Waals surface area contributed by atoms with Crippen LogP contribution in [0, 0.1) is 6.42 Å². The first kappa shape index (κ1) is 12.0. The second kappa shape index (κ2) is 6.40. The number of carbonyl (C=O) groups excluding carboxylic acids is 1. The summed E-state index contributed by atoms with van der Waals surface area (Å²) in [6.07, 6.45) is 3.41. The Balaban J connectivity index is 2.42. The van der Waals surface area contributed by atoms with Crippen LogP contribution in [-0.4, -0.2) is 15.0 Å². The summed E-state index contributed by atoms with van der Waals surface area (Å²) in [6, 6.07) is 9.95. The predicted octanol–water partition coefficient (Wildman–Crippen LogP) is 1.79. The second-order valence-corrected chi connectivity index (χ2v) is 5.67. The lowest BCUT2D eigenvalue weighted by molar-refractivity contribution is -0.130. The molecule has 0 aromatic heterocycles. The molecule has 0 spiro atoms. The zero-order chi connectivity index (χ0) is 11.1. The monoisotopic (exact) mass is 221 g/mol. The van der Waals surface area contributed by atoms with Gasteiger partial charge < -0.3 is 4.43 Å². The van der Waals surface area contributed by atoms with Gasteiger partial charge in [0.1, 0.15) is 0 Å². The maximum absolute atomic E-state index is 11.3. The third kappa shape index (κ3) is 4.30. The third-order valence-electron chi connectivity index (χ3n) is 2.16. The molecule has 2 nitrogen and oxygen atoms in total. The Morgan fingerprint density at radius 2 is 2.07 bits per heavy atom. The molecule has 0 N–H and O–H groups in total. The van der Waals surface area contributed by atoms with Gasteiger partial charge in [0, 0.05) is 0 Å². The summed E-state index contributed by atoms with van der Waals surface area (Å²) >= 11 is 0. The van der Waals surface area contributed by atoms with Crippen molar-refractivity contribution in [3.63, 3.8) is 0 Å². The molecule has 0 aliphatic rings. The maximum atomic E-state index is 11.3. The third-order valence-corrected chi connectivity index (χ3v) is 4.07. The molecule has 15 heavy (non-hydrogen) atoms. The quantitative estimate of drug-likeness (QED) is 0.709. The van der Waals surface area contributed by atoms with Gasteiger partial charge in [0.25, 0.3) is 15.0 Å². The number of hydrogen-bond donors (Lipinski definition) is 0. The molecule has 0 heterocycles. The van der Waals surface area contributed by atoms with Crippen molar-refractivity contribution in [2.24, 2.45) is 0 Å². The van der Waals surface area contributed by atoms with Crippen LogP contribution in [0.25, 0.3) is 0 Å². The Kier molecular flexibility index (Phi) is 5.11. The largest absolute Gasteiger partial charge is 0.518 e. The van der Waals surface area contributed by atoms with Crippen molar-refractivity contribution in [1.82, 2.24) is 0 Å². The van der Waals surface area contributed by atoms with E-state index in [2.05, 4.69) is 0 Å². The van der Waals surface area contributed by atoms with Gasteiger partial charge in [0.2, 0.25) is 0 Å². The molecular formula is C12H17O2Si. The van der Waals surface area contributed by atoms with Gasteiger partial charge in [-0.1, -0.05) is 43.7 Å². The molecule has 0 aliphatic carbocycles. The molecule has 3 heteroatoms. The van der Waals surface area contributed by atoms with Crippen molar-refractivity contribution in [2.45, 2.75) is 26.3 Å². The lowest BCUT2D eigenvalue weighted by Gasteiger charge is -2.11. The SMILES string of the molecule is CCC[CH]C(=O)O[SiH](C)c1ccccc1. The molecule has 0 fully saturated rings. The Bertz CT molecular complexity index is 298. The molecule has 1 aromatic rings. The first-order valence-electron chi connectivity index (χ1n) is 5.32. The molecule has 0 amide bonds. The number of carbonyl (C=O) groups is 1. The minimum atomic E-state index is -1.54. The van der Waals surface area contributed by atoms with E-state index in [4.69, 9.17) is 4.43 Å². The summed E-state index contributed by atoms with van der Waals surface area (Å²) in [5.74, 6) is -0.167. The minimum Gasteiger partial charge on any atom is -0.518 e.